The lowest BCUT2D eigenvalue weighted by Crippen LogP contribution is -2.51. The summed E-state index contributed by atoms with van der Waals surface area (Å²) < 4.78 is 0. The Morgan fingerprint density at radius 3 is 2.86 bits per heavy atom. The number of aromatic amines is 1. The molecule has 4 N–H and O–H groups in total. The van der Waals surface area contributed by atoms with Gasteiger partial charge in [0, 0.05) is 25.0 Å². The molecule has 1 aromatic heterocycles. The third kappa shape index (κ3) is 5.42. The third-order valence-corrected chi connectivity index (χ3v) is 5.18. The van der Waals surface area contributed by atoms with Crippen LogP contribution in [0.25, 0.3) is 0 Å². The maximum Gasteiger partial charge on any atom is 0.242 e. The summed E-state index contributed by atoms with van der Waals surface area (Å²) in [4.78, 5) is 34.1. The first-order valence-electron chi connectivity index (χ1n) is 10.00. The predicted molar refractivity (Wildman–Crippen MR) is 107 cm³/mol. The van der Waals surface area contributed by atoms with Gasteiger partial charge in [0.25, 0.3) is 0 Å². The summed E-state index contributed by atoms with van der Waals surface area (Å²) in [5.41, 5.74) is 8.28. The van der Waals surface area contributed by atoms with Crippen molar-refractivity contribution in [3.8, 4) is 0 Å². The van der Waals surface area contributed by atoms with Gasteiger partial charge in [0.15, 0.2) is 0 Å². The number of hydrogen-bond donors (Lipinski definition) is 3. The zero-order chi connectivity index (χ0) is 19.8. The van der Waals surface area contributed by atoms with Crippen LogP contribution in [-0.2, 0) is 22.4 Å². The molecule has 28 heavy (non-hydrogen) atoms. The fourth-order valence-electron chi connectivity index (χ4n) is 3.66. The number of likely N-dealkylation sites (tertiary alicyclic amines) is 1. The van der Waals surface area contributed by atoms with Crippen LogP contribution in [0.3, 0.4) is 0 Å². The van der Waals surface area contributed by atoms with Crippen LogP contribution in [0.1, 0.15) is 36.9 Å². The highest BCUT2D eigenvalue weighted by Gasteiger charge is 2.35. The lowest BCUT2D eigenvalue weighted by atomic mass is 10.1. The molecule has 1 saturated heterocycles. The molecule has 1 aliphatic heterocycles. The molecule has 0 spiro atoms. The van der Waals surface area contributed by atoms with Crippen molar-refractivity contribution in [3.05, 3.63) is 54.1 Å². The SMILES string of the molecule is N[C@H](Cc1ccccc1)C(=O)N1CCC[C@H]1C(=O)NCCCCc1cnc[nH]1. The summed E-state index contributed by atoms with van der Waals surface area (Å²) >= 11 is 0. The van der Waals surface area contributed by atoms with Gasteiger partial charge in [-0.15, -0.1) is 0 Å². The van der Waals surface area contributed by atoms with E-state index in [9.17, 15) is 9.59 Å². The Morgan fingerprint density at radius 1 is 1.29 bits per heavy atom. The van der Waals surface area contributed by atoms with Crippen molar-refractivity contribution in [3.63, 3.8) is 0 Å². The minimum atomic E-state index is -0.620. The number of imidazole rings is 1. The molecule has 0 saturated carbocycles. The molecular formula is C21H29N5O2. The number of carbonyl (C=O) groups is 2. The number of nitrogens with one attached hydrogen (secondary N) is 2. The second-order valence-corrected chi connectivity index (χ2v) is 7.31. The Kier molecular flexibility index (Phi) is 7.19. The van der Waals surface area contributed by atoms with Gasteiger partial charge in [-0.1, -0.05) is 30.3 Å². The van der Waals surface area contributed by atoms with Crippen LogP contribution in [0.15, 0.2) is 42.9 Å². The molecule has 0 unspecified atom stereocenters. The third-order valence-electron chi connectivity index (χ3n) is 5.18. The molecule has 2 heterocycles. The zero-order valence-corrected chi connectivity index (χ0v) is 16.1. The van der Waals surface area contributed by atoms with E-state index in [0.717, 1.165) is 36.9 Å². The average Bonchev–Trinajstić information content (AvgIpc) is 3.39. The lowest BCUT2D eigenvalue weighted by molar-refractivity contribution is -0.139. The Bertz CT molecular complexity index is 747. The molecule has 150 valence electrons. The molecule has 3 rings (SSSR count). The Labute approximate surface area is 165 Å². The first-order chi connectivity index (χ1) is 13.6. The van der Waals surface area contributed by atoms with Crippen LogP contribution in [0.2, 0.25) is 0 Å². The van der Waals surface area contributed by atoms with Gasteiger partial charge in [-0.25, -0.2) is 4.98 Å². The number of rotatable bonds is 9. The Morgan fingerprint density at radius 2 is 2.11 bits per heavy atom. The van der Waals surface area contributed by atoms with Gasteiger partial charge in [0.05, 0.1) is 12.4 Å². The summed E-state index contributed by atoms with van der Waals surface area (Å²) in [6.45, 7) is 1.21. The number of hydrogen-bond acceptors (Lipinski definition) is 4. The van der Waals surface area contributed by atoms with Gasteiger partial charge in [0.1, 0.15) is 6.04 Å². The summed E-state index contributed by atoms with van der Waals surface area (Å²) in [5.74, 6) is -0.208. The number of H-pyrrole nitrogens is 1. The Balaban J connectivity index is 1.43. The van der Waals surface area contributed by atoms with E-state index in [1.54, 1.807) is 11.2 Å². The van der Waals surface area contributed by atoms with Gasteiger partial charge in [0.2, 0.25) is 11.8 Å². The lowest BCUT2D eigenvalue weighted by Gasteiger charge is -2.26. The van der Waals surface area contributed by atoms with Crippen LogP contribution < -0.4 is 11.1 Å². The summed E-state index contributed by atoms with van der Waals surface area (Å²) in [5, 5.41) is 2.98. The van der Waals surface area contributed by atoms with Crippen molar-refractivity contribution in [2.24, 2.45) is 5.73 Å². The molecular weight excluding hydrogens is 354 g/mol. The van der Waals surface area contributed by atoms with E-state index in [-0.39, 0.29) is 11.8 Å². The molecule has 7 heteroatoms. The van der Waals surface area contributed by atoms with Gasteiger partial charge < -0.3 is 20.9 Å². The van der Waals surface area contributed by atoms with Crippen molar-refractivity contribution in [1.29, 1.82) is 0 Å². The van der Waals surface area contributed by atoms with Gasteiger partial charge in [-0.05, 0) is 44.1 Å². The van der Waals surface area contributed by atoms with Crippen molar-refractivity contribution in [2.45, 2.75) is 50.6 Å². The number of nitrogens with two attached hydrogens (primary N) is 1. The second kappa shape index (κ2) is 10.0. The average molecular weight is 383 g/mol. The van der Waals surface area contributed by atoms with E-state index in [0.29, 0.717) is 25.9 Å². The van der Waals surface area contributed by atoms with Crippen LogP contribution in [-0.4, -0.2) is 51.9 Å². The highest BCUT2D eigenvalue weighted by molar-refractivity contribution is 5.90. The number of carbonyl (C=O) groups excluding carboxylic acids is 2. The van der Waals surface area contributed by atoms with Gasteiger partial charge >= 0.3 is 0 Å². The largest absolute Gasteiger partial charge is 0.354 e. The van der Waals surface area contributed by atoms with E-state index in [1.165, 1.54) is 0 Å². The fourth-order valence-corrected chi connectivity index (χ4v) is 3.66. The summed E-state index contributed by atoms with van der Waals surface area (Å²) in [7, 11) is 0. The first-order valence-corrected chi connectivity index (χ1v) is 10.00. The fraction of sp³-hybridized carbons (Fsp3) is 0.476. The number of nitrogens with zero attached hydrogens (tertiary/aromatic N) is 2. The smallest absolute Gasteiger partial charge is 0.242 e. The van der Waals surface area contributed by atoms with Crippen molar-refractivity contribution < 1.29 is 9.59 Å². The molecule has 1 fully saturated rings. The normalized spacial score (nSPS) is 17.5. The van der Waals surface area contributed by atoms with E-state index in [1.807, 2.05) is 36.5 Å². The van der Waals surface area contributed by atoms with E-state index >= 15 is 0 Å². The zero-order valence-electron chi connectivity index (χ0n) is 16.1. The maximum atomic E-state index is 12.8. The molecule has 1 aliphatic rings. The quantitative estimate of drug-likeness (QED) is 0.570. The molecule has 0 aliphatic carbocycles. The van der Waals surface area contributed by atoms with Crippen LogP contribution in [0.5, 0.6) is 0 Å². The van der Waals surface area contributed by atoms with Crippen LogP contribution in [0, 0.1) is 0 Å². The number of benzene rings is 1. The van der Waals surface area contributed by atoms with Crippen molar-refractivity contribution in [2.75, 3.05) is 13.1 Å². The second-order valence-electron chi connectivity index (χ2n) is 7.31. The predicted octanol–water partition coefficient (Wildman–Crippen LogP) is 1.41. The molecule has 7 nitrogen and oxygen atoms in total. The van der Waals surface area contributed by atoms with Crippen LogP contribution in [0.4, 0.5) is 0 Å². The number of aromatic nitrogens is 2. The first kappa shape index (κ1) is 20.1. The standard InChI is InChI=1S/C21H29N5O2/c22-18(13-16-7-2-1-3-8-16)21(28)26-12-6-10-19(26)20(27)24-11-5-4-9-17-14-23-15-25-17/h1-3,7-8,14-15,18-19H,4-6,9-13,22H2,(H,23,25)(H,24,27)/t18-,19+/m1/s1. The van der Waals surface area contributed by atoms with Crippen molar-refractivity contribution in [1.82, 2.24) is 20.2 Å². The minimum absolute atomic E-state index is 0.0701. The monoisotopic (exact) mass is 383 g/mol. The van der Waals surface area contributed by atoms with E-state index < -0.39 is 12.1 Å². The number of aryl methyl sites for hydroxylation is 1. The molecule has 2 amide bonds. The number of amides is 2. The molecule has 2 atom stereocenters. The minimum Gasteiger partial charge on any atom is -0.354 e. The topological polar surface area (TPSA) is 104 Å². The number of unbranched alkanes of at least 4 members (excludes halogenated alkanes) is 1. The maximum absolute atomic E-state index is 12.8. The highest BCUT2D eigenvalue weighted by atomic mass is 16.2. The Hall–Kier alpha value is -2.67. The molecule has 0 bridgehead atoms. The van der Waals surface area contributed by atoms with Crippen molar-refractivity contribution >= 4 is 11.8 Å². The van der Waals surface area contributed by atoms with Crippen LogP contribution >= 0.6 is 0 Å². The molecule has 1 aromatic carbocycles. The highest BCUT2D eigenvalue weighted by Crippen LogP contribution is 2.19. The molecule has 0 radical (unpaired) electrons. The molecule has 2 aromatic rings. The summed E-state index contributed by atoms with van der Waals surface area (Å²) in [6.07, 6.45) is 8.28. The van der Waals surface area contributed by atoms with E-state index in [2.05, 4.69) is 15.3 Å². The summed E-state index contributed by atoms with van der Waals surface area (Å²) in [6, 6.07) is 8.71. The van der Waals surface area contributed by atoms with E-state index in [4.69, 9.17) is 5.73 Å². The van der Waals surface area contributed by atoms with Gasteiger partial charge in [-0.2, -0.15) is 0 Å². The van der Waals surface area contributed by atoms with Gasteiger partial charge in [-0.3, -0.25) is 9.59 Å².